The predicted octanol–water partition coefficient (Wildman–Crippen LogP) is 3.11. The summed E-state index contributed by atoms with van der Waals surface area (Å²) in [6.45, 7) is 0. The molecule has 0 bridgehead atoms. The Morgan fingerprint density at radius 2 is 2.00 bits per heavy atom. The smallest absolute Gasteiger partial charge is 0.236 e. The van der Waals surface area contributed by atoms with Crippen molar-refractivity contribution in [1.29, 1.82) is 0 Å². The summed E-state index contributed by atoms with van der Waals surface area (Å²) in [4.78, 5) is 20.1. The second-order valence-corrected chi connectivity index (χ2v) is 7.10. The second-order valence-electron chi connectivity index (χ2n) is 5.15. The van der Waals surface area contributed by atoms with Gasteiger partial charge in [0.1, 0.15) is 5.01 Å². The first-order chi connectivity index (χ1) is 10.8. The number of amides is 1. The Balaban J connectivity index is 1.50. The molecule has 0 spiro atoms. The number of nitrogens with zero attached hydrogens (tertiary/aromatic N) is 4. The normalized spacial score (nSPS) is 15.6. The molecule has 1 saturated carbocycles. The van der Waals surface area contributed by atoms with Gasteiger partial charge in [0, 0.05) is 18.3 Å². The van der Waals surface area contributed by atoms with E-state index in [2.05, 4.69) is 25.5 Å². The molecule has 2 heterocycles. The van der Waals surface area contributed by atoms with E-state index in [1.807, 2.05) is 0 Å². The molecule has 0 aliphatic heterocycles. The van der Waals surface area contributed by atoms with Gasteiger partial charge in [-0.3, -0.25) is 10.1 Å². The molecule has 0 atom stereocenters. The molecular formula is C14H17N5OS2. The van der Waals surface area contributed by atoms with Crippen LogP contribution in [0.4, 0.5) is 5.13 Å². The highest BCUT2D eigenvalue weighted by atomic mass is 32.2. The SMILES string of the molecule is O=C(CSc1ncccn1)Nc1nnc(C2CCCCC2)s1. The molecule has 1 amide bonds. The van der Waals surface area contributed by atoms with E-state index >= 15 is 0 Å². The Morgan fingerprint density at radius 1 is 1.23 bits per heavy atom. The van der Waals surface area contributed by atoms with Gasteiger partial charge in [0.15, 0.2) is 5.16 Å². The van der Waals surface area contributed by atoms with Crippen LogP contribution in [-0.2, 0) is 4.79 Å². The van der Waals surface area contributed by atoms with Gasteiger partial charge in [0.05, 0.1) is 5.75 Å². The molecule has 1 aliphatic rings. The zero-order chi connectivity index (χ0) is 15.2. The predicted molar refractivity (Wildman–Crippen MR) is 87.1 cm³/mol. The Kier molecular flexibility index (Phi) is 5.33. The fourth-order valence-corrected chi connectivity index (χ4v) is 3.98. The Hall–Kier alpha value is -1.54. The molecule has 2 aromatic heterocycles. The molecule has 116 valence electrons. The minimum atomic E-state index is -0.108. The van der Waals surface area contributed by atoms with Crippen LogP contribution in [0.5, 0.6) is 0 Å². The highest BCUT2D eigenvalue weighted by Crippen LogP contribution is 2.35. The lowest BCUT2D eigenvalue weighted by Gasteiger charge is -2.18. The monoisotopic (exact) mass is 335 g/mol. The maximum absolute atomic E-state index is 11.9. The van der Waals surface area contributed by atoms with Gasteiger partial charge in [-0.2, -0.15) is 0 Å². The van der Waals surface area contributed by atoms with E-state index in [1.165, 1.54) is 55.2 Å². The van der Waals surface area contributed by atoms with Gasteiger partial charge in [-0.25, -0.2) is 9.97 Å². The molecule has 6 nitrogen and oxygen atoms in total. The van der Waals surface area contributed by atoms with Crippen LogP contribution < -0.4 is 5.32 Å². The van der Waals surface area contributed by atoms with Gasteiger partial charge >= 0.3 is 0 Å². The van der Waals surface area contributed by atoms with Gasteiger partial charge in [0.2, 0.25) is 11.0 Å². The molecule has 0 radical (unpaired) electrons. The van der Waals surface area contributed by atoms with Crippen molar-refractivity contribution in [2.24, 2.45) is 0 Å². The summed E-state index contributed by atoms with van der Waals surface area (Å²) in [5.41, 5.74) is 0. The molecule has 1 fully saturated rings. The number of nitrogens with one attached hydrogen (secondary N) is 1. The summed E-state index contributed by atoms with van der Waals surface area (Å²) < 4.78 is 0. The van der Waals surface area contributed by atoms with Crippen LogP contribution in [0.25, 0.3) is 0 Å². The average molecular weight is 335 g/mol. The van der Waals surface area contributed by atoms with Gasteiger partial charge in [0.25, 0.3) is 0 Å². The third-order valence-electron chi connectivity index (χ3n) is 3.52. The number of hydrogen-bond acceptors (Lipinski definition) is 7. The molecule has 0 unspecified atom stereocenters. The maximum Gasteiger partial charge on any atom is 0.236 e. The van der Waals surface area contributed by atoms with Crippen molar-refractivity contribution in [3.63, 3.8) is 0 Å². The number of rotatable bonds is 5. The molecule has 1 aliphatic carbocycles. The van der Waals surface area contributed by atoms with E-state index < -0.39 is 0 Å². The summed E-state index contributed by atoms with van der Waals surface area (Å²) in [6.07, 6.45) is 9.54. The van der Waals surface area contributed by atoms with Gasteiger partial charge in [-0.15, -0.1) is 10.2 Å². The lowest BCUT2D eigenvalue weighted by molar-refractivity contribution is -0.113. The first-order valence-corrected chi connectivity index (χ1v) is 9.14. The molecule has 2 aromatic rings. The van der Waals surface area contributed by atoms with Crippen LogP contribution in [0.2, 0.25) is 0 Å². The Morgan fingerprint density at radius 3 is 2.77 bits per heavy atom. The lowest BCUT2D eigenvalue weighted by Crippen LogP contribution is -2.14. The summed E-state index contributed by atoms with van der Waals surface area (Å²) >= 11 is 2.80. The molecular weight excluding hydrogens is 318 g/mol. The molecule has 3 rings (SSSR count). The van der Waals surface area contributed by atoms with Crippen molar-refractivity contribution in [3.8, 4) is 0 Å². The Bertz CT molecular complexity index is 613. The zero-order valence-electron chi connectivity index (χ0n) is 12.1. The molecule has 22 heavy (non-hydrogen) atoms. The molecule has 0 aromatic carbocycles. The van der Waals surface area contributed by atoms with Crippen molar-refractivity contribution in [2.45, 2.75) is 43.2 Å². The average Bonchev–Trinajstić information content (AvgIpc) is 3.03. The van der Waals surface area contributed by atoms with Gasteiger partial charge < -0.3 is 0 Å². The minimum absolute atomic E-state index is 0.108. The van der Waals surface area contributed by atoms with Crippen molar-refractivity contribution in [3.05, 3.63) is 23.5 Å². The van der Waals surface area contributed by atoms with Crippen LogP contribution in [0.15, 0.2) is 23.6 Å². The fourth-order valence-electron chi connectivity index (χ4n) is 2.45. The molecule has 0 saturated heterocycles. The van der Waals surface area contributed by atoms with Crippen LogP contribution >= 0.6 is 23.1 Å². The van der Waals surface area contributed by atoms with Crippen molar-refractivity contribution < 1.29 is 4.79 Å². The highest BCUT2D eigenvalue weighted by molar-refractivity contribution is 7.99. The quantitative estimate of drug-likeness (QED) is 0.668. The van der Waals surface area contributed by atoms with Crippen molar-refractivity contribution in [1.82, 2.24) is 20.2 Å². The molecule has 8 heteroatoms. The number of hydrogen-bond donors (Lipinski definition) is 1. The van der Waals surface area contributed by atoms with Gasteiger partial charge in [-0.05, 0) is 18.9 Å². The van der Waals surface area contributed by atoms with E-state index in [0.29, 0.717) is 16.2 Å². The molecule has 1 N–H and O–H groups in total. The second kappa shape index (κ2) is 7.64. The van der Waals surface area contributed by atoms with Gasteiger partial charge in [-0.1, -0.05) is 42.4 Å². The van der Waals surface area contributed by atoms with Crippen molar-refractivity contribution >= 4 is 34.1 Å². The lowest BCUT2D eigenvalue weighted by atomic mass is 9.90. The van der Waals surface area contributed by atoms with E-state index in [-0.39, 0.29) is 11.7 Å². The summed E-state index contributed by atoms with van der Waals surface area (Å²) in [6, 6.07) is 1.75. The summed E-state index contributed by atoms with van der Waals surface area (Å²) in [5, 5.41) is 13.3. The van der Waals surface area contributed by atoms with E-state index in [4.69, 9.17) is 0 Å². The first-order valence-electron chi connectivity index (χ1n) is 7.34. The minimum Gasteiger partial charge on any atom is -0.300 e. The van der Waals surface area contributed by atoms with Crippen LogP contribution in [0.1, 0.15) is 43.0 Å². The maximum atomic E-state index is 11.9. The number of anilines is 1. The number of aromatic nitrogens is 4. The van der Waals surface area contributed by atoms with E-state index in [9.17, 15) is 4.79 Å². The van der Waals surface area contributed by atoms with Crippen LogP contribution in [0.3, 0.4) is 0 Å². The standard InChI is InChI=1S/C14H17N5OS2/c20-11(9-21-13-15-7-4-8-16-13)17-14-19-18-12(22-14)10-5-2-1-3-6-10/h4,7-8,10H,1-3,5-6,9H2,(H,17,19,20). The summed E-state index contributed by atoms with van der Waals surface area (Å²) in [5.74, 6) is 0.676. The Labute approximate surface area is 137 Å². The number of carbonyl (C=O) groups excluding carboxylic acids is 1. The fraction of sp³-hybridized carbons (Fsp3) is 0.500. The topological polar surface area (TPSA) is 80.7 Å². The van der Waals surface area contributed by atoms with E-state index in [1.54, 1.807) is 18.5 Å². The largest absolute Gasteiger partial charge is 0.300 e. The van der Waals surface area contributed by atoms with Crippen molar-refractivity contribution in [2.75, 3.05) is 11.1 Å². The van der Waals surface area contributed by atoms with Crippen LogP contribution in [-0.4, -0.2) is 31.8 Å². The third kappa shape index (κ3) is 4.23. The highest BCUT2D eigenvalue weighted by Gasteiger charge is 2.20. The zero-order valence-corrected chi connectivity index (χ0v) is 13.7. The first kappa shape index (κ1) is 15.4. The number of carbonyl (C=O) groups is 1. The summed E-state index contributed by atoms with van der Waals surface area (Å²) in [7, 11) is 0. The number of thioether (sulfide) groups is 1. The third-order valence-corrected chi connectivity index (χ3v) is 5.39. The van der Waals surface area contributed by atoms with E-state index in [0.717, 1.165) is 5.01 Å². The van der Waals surface area contributed by atoms with Crippen LogP contribution in [0, 0.1) is 0 Å².